The fraction of sp³-hybridized carbons (Fsp3) is 1.00. The fourth-order valence-electron chi connectivity index (χ4n) is 2.19. The molecule has 0 aliphatic rings. The van der Waals surface area contributed by atoms with E-state index in [1.54, 1.807) is 0 Å². The van der Waals surface area contributed by atoms with E-state index in [0.717, 1.165) is 0 Å². The molecular formula is C16H36ClP. The van der Waals surface area contributed by atoms with Crippen molar-refractivity contribution in [3.8, 4) is 0 Å². The first-order chi connectivity index (χ1) is 8.41. The van der Waals surface area contributed by atoms with Gasteiger partial charge in [0, 0.05) is 0 Å². The standard InChI is InChI=1S/C16H35P.ClH/c1-3-5-7-9-10-11-12-14-16-17-15-13-8-6-4-2;/h17H,3-16H2,1-2H3;1H. The normalized spacial score (nSPS) is 11.0. The van der Waals surface area contributed by atoms with Crippen LogP contribution in [-0.4, -0.2) is 12.3 Å². The van der Waals surface area contributed by atoms with Gasteiger partial charge in [0.2, 0.25) is 0 Å². The van der Waals surface area contributed by atoms with Crippen molar-refractivity contribution < 1.29 is 0 Å². The molecule has 2 heteroatoms. The summed E-state index contributed by atoms with van der Waals surface area (Å²) >= 11 is 0. The molecule has 0 saturated heterocycles. The fourth-order valence-corrected chi connectivity index (χ4v) is 3.44. The SMILES string of the molecule is CCCCCCCCCCPCCCCCC.Cl. The second-order valence-corrected chi connectivity index (χ2v) is 6.79. The highest BCUT2D eigenvalue weighted by atomic mass is 35.5. The average molecular weight is 295 g/mol. The lowest BCUT2D eigenvalue weighted by Crippen LogP contribution is -1.84. The zero-order valence-electron chi connectivity index (χ0n) is 12.8. The molecular weight excluding hydrogens is 259 g/mol. The summed E-state index contributed by atoms with van der Waals surface area (Å²) in [4.78, 5) is 0. The zero-order chi connectivity index (χ0) is 12.6. The van der Waals surface area contributed by atoms with Gasteiger partial charge >= 0.3 is 0 Å². The van der Waals surface area contributed by atoms with Crippen LogP contribution in [0.25, 0.3) is 0 Å². The molecule has 1 unspecified atom stereocenters. The molecule has 0 radical (unpaired) electrons. The number of hydrogen-bond acceptors (Lipinski definition) is 0. The molecule has 112 valence electrons. The molecule has 0 aromatic rings. The molecule has 0 aliphatic carbocycles. The van der Waals surface area contributed by atoms with Crippen LogP contribution in [0.2, 0.25) is 0 Å². The van der Waals surface area contributed by atoms with Crippen LogP contribution in [0.1, 0.15) is 90.9 Å². The lowest BCUT2D eigenvalue weighted by atomic mass is 10.1. The highest BCUT2D eigenvalue weighted by molar-refractivity contribution is 7.37. The molecule has 18 heavy (non-hydrogen) atoms. The van der Waals surface area contributed by atoms with Crippen LogP contribution in [0.3, 0.4) is 0 Å². The summed E-state index contributed by atoms with van der Waals surface area (Å²) in [5, 5.41) is 0. The quantitative estimate of drug-likeness (QED) is 0.244. The molecule has 0 fully saturated rings. The highest BCUT2D eigenvalue weighted by Gasteiger charge is 1.93. The van der Waals surface area contributed by atoms with Gasteiger partial charge in [-0.15, -0.1) is 21.0 Å². The van der Waals surface area contributed by atoms with Crippen molar-refractivity contribution in [1.82, 2.24) is 0 Å². The van der Waals surface area contributed by atoms with Crippen LogP contribution in [0.4, 0.5) is 0 Å². The summed E-state index contributed by atoms with van der Waals surface area (Å²) in [6.07, 6.45) is 20.5. The van der Waals surface area contributed by atoms with Gasteiger partial charge in [0.25, 0.3) is 0 Å². The predicted molar refractivity (Wildman–Crippen MR) is 92.0 cm³/mol. The van der Waals surface area contributed by atoms with E-state index in [2.05, 4.69) is 13.8 Å². The van der Waals surface area contributed by atoms with E-state index in [4.69, 9.17) is 0 Å². The van der Waals surface area contributed by atoms with Gasteiger partial charge in [-0.1, -0.05) is 78.1 Å². The van der Waals surface area contributed by atoms with Crippen LogP contribution in [0.15, 0.2) is 0 Å². The van der Waals surface area contributed by atoms with Crippen LogP contribution < -0.4 is 0 Å². The maximum absolute atomic E-state index is 2.29. The number of unbranched alkanes of at least 4 members (excludes halogenated alkanes) is 10. The third kappa shape index (κ3) is 19.1. The molecule has 0 heterocycles. The van der Waals surface area contributed by atoms with Crippen molar-refractivity contribution in [2.45, 2.75) is 90.9 Å². The molecule has 0 rings (SSSR count). The summed E-state index contributed by atoms with van der Waals surface area (Å²) < 4.78 is 0. The summed E-state index contributed by atoms with van der Waals surface area (Å²) in [7, 11) is 1.26. The molecule has 0 aromatic heterocycles. The van der Waals surface area contributed by atoms with Gasteiger partial charge in [-0.05, 0) is 25.2 Å². The summed E-state index contributed by atoms with van der Waals surface area (Å²) in [6.45, 7) is 4.59. The maximum atomic E-state index is 2.29. The second kappa shape index (κ2) is 20.0. The summed E-state index contributed by atoms with van der Waals surface area (Å²) in [5.41, 5.74) is 0. The van der Waals surface area contributed by atoms with Gasteiger partial charge in [0.1, 0.15) is 0 Å². The molecule has 0 nitrogen and oxygen atoms in total. The van der Waals surface area contributed by atoms with Gasteiger partial charge < -0.3 is 0 Å². The Morgan fingerprint density at radius 2 is 0.833 bits per heavy atom. The smallest absolute Gasteiger partial charge is 0.0353 e. The second-order valence-electron chi connectivity index (χ2n) is 5.29. The van der Waals surface area contributed by atoms with E-state index in [0.29, 0.717) is 0 Å². The lowest BCUT2D eigenvalue weighted by molar-refractivity contribution is 0.586. The number of halogens is 1. The van der Waals surface area contributed by atoms with Crippen molar-refractivity contribution in [2.24, 2.45) is 0 Å². The largest absolute Gasteiger partial charge is 0.147 e. The van der Waals surface area contributed by atoms with E-state index in [1.165, 1.54) is 98.0 Å². The first kappa shape index (κ1) is 21.0. The minimum absolute atomic E-state index is 0. The first-order valence-electron chi connectivity index (χ1n) is 8.12. The third-order valence-electron chi connectivity index (χ3n) is 3.41. The van der Waals surface area contributed by atoms with E-state index < -0.39 is 0 Å². The van der Waals surface area contributed by atoms with Crippen molar-refractivity contribution in [1.29, 1.82) is 0 Å². The van der Waals surface area contributed by atoms with Gasteiger partial charge in [-0.2, -0.15) is 0 Å². The van der Waals surface area contributed by atoms with E-state index >= 15 is 0 Å². The number of hydrogen-bond donors (Lipinski definition) is 0. The zero-order valence-corrected chi connectivity index (χ0v) is 14.6. The lowest BCUT2D eigenvalue weighted by Gasteiger charge is -2.03. The Balaban J connectivity index is 0. The van der Waals surface area contributed by atoms with E-state index in [1.807, 2.05) is 0 Å². The molecule has 0 saturated carbocycles. The highest BCUT2D eigenvalue weighted by Crippen LogP contribution is 2.17. The Kier molecular flexibility index (Phi) is 23.4. The maximum Gasteiger partial charge on any atom is -0.0353 e. The van der Waals surface area contributed by atoms with Crippen molar-refractivity contribution >= 4 is 21.0 Å². The van der Waals surface area contributed by atoms with Crippen LogP contribution in [0, 0.1) is 0 Å². The van der Waals surface area contributed by atoms with Crippen molar-refractivity contribution in [2.75, 3.05) is 12.3 Å². The predicted octanol–water partition coefficient (Wildman–Crippen LogP) is 6.81. The molecule has 0 N–H and O–H groups in total. The monoisotopic (exact) mass is 294 g/mol. The Bertz CT molecular complexity index is 114. The van der Waals surface area contributed by atoms with Gasteiger partial charge in [0.15, 0.2) is 0 Å². The molecule has 1 atom stereocenters. The summed E-state index contributed by atoms with van der Waals surface area (Å²) in [6, 6.07) is 0. The molecule has 0 bridgehead atoms. The van der Waals surface area contributed by atoms with Crippen LogP contribution in [0.5, 0.6) is 0 Å². The summed E-state index contributed by atoms with van der Waals surface area (Å²) in [5.74, 6) is 0. The van der Waals surface area contributed by atoms with Crippen molar-refractivity contribution in [3.63, 3.8) is 0 Å². The Labute approximate surface area is 124 Å². The Hall–Kier alpha value is 0.720. The van der Waals surface area contributed by atoms with Gasteiger partial charge in [-0.3, -0.25) is 0 Å². The van der Waals surface area contributed by atoms with E-state index in [-0.39, 0.29) is 12.4 Å². The van der Waals surface area contributed by atoms with Crippen LogP contribution >= 0.6 is 21.0 Å². The minimum atomic E-state index is 0. The molecule has 0 amide bonds. The molecule has 0 spiro atoms. The Morgan fingerprint density at radius 1 is 0.500 bits per heavy atom. The minimum Gasteiger partial charge on any atom is -0.147 e. The van der Waals surface area contributed by atoms with Crippen molar-refractivity contribution in [3.05, 3.63) is 0 Å². The van der Waals surface area contributed by atoms with Gasteiger partial charge in [0.05, 0.1) is 0 Å². The van der Waals surface area contributed by atoms with E-state index in [9.17, 15) is 0 Å². The topological polar surface area (TPSA) is 0 Å². The van der Waals surface area contributed by atoms with Gasteiger partial charge in [-0.25, -0.2) is 0 Å². The third-order valence-corrected chi connectivity index (χ3v) is 4.83. The molecule has 0 aromatic carbocycles. The number of rotatable bonds is 14. The average Bonchev–Trinajstić information content (AvgIpc) is 2.35. The molecule has 0 aliphatic heterocycles. The Morgan fingerprint density at radius 3 is 1.28 bits per heavy atom. The van der Waals surface area contributed by atoms with Crippen LogP contribution in [-0.2, 0) is 0 Å². The first-order valence-corrected chi connectivity index (χ1v) is 9.54.